The number of terminal acetylenes is 1. The molecule has 0 saturated heterocycles. The summed E-state index contributed by atoms with van der Waals surface area (Å²) in [4.78, 5) is 15.8. The number of benzene rings is 1. The molecular weight excluding hydrogens is 268 g/mol. The number of rotatable bonds is 4. The summed E-state index contributed by atoms with van der Waals surface area (Å²) in [5, 5.41) is 0. The number of hydrogen-bond donors (Lipinski definition) is 1. The van der Waals surface area contributed by atoms with Crippen LogP contribution in [-0.4, -0.2) is 33.7 Å². The molecule has 0 aliphatic carbocycles. The van der Waals surface area contributed by atoms with E-state index in [1.165, 1.54) is 0 Å². The highest BCUT2D eigenvalue weighted by Gasteiger charge is 2.13. The topological polar surface area (TPSA) is 72.9 Å². The van der Waals surface area contributed by atoms with Crippen molar-refractivity contribution in [1.82, 2.24) is 19.9 Å². The van der Waals surface area contributed by atoms with Crippen molar-refractivity contribution in [3.8, 4) is 35.2 Å². The quantitative estimate of drug-likeness (QED) is 0.740. The SMILES string of the molecule is C#CCOc1ccc(OC)c(-c2nc3nccnc3[nH]2)c1. The molecule has 0 amide bonds. The first-order valence-corrected chi connectivity index (χ1v) is 6.23. The molecule has 2 heterocycles. The van der Waals surface area contributed by atoms with Crippen LogP contribution in [0.2, 0.25) is 0 Å². The maximum atomic E-state index is 5.43. The molecule has 6 nitrogen and oxygen atoms in total. The average molecular weight is 280 g/mol. The van der Waals surface area contributed by atoms with Crippen molar-refractivity contribution in [3.63, 3.8) is 0 Å². The van der Waals surface area contributed by atoms with E-state index in [-0.39, 0.29) is 6.61 Å². The summed E-state index contributed by atoms with van der Waals surface area (Å²) < 4.78 is 10.8. The van der Waals surface area contributed by atoms with Crippen molar-refractivity contribution in [1.29, 1.82) is 0 Å². The Labute approximate surface area is 121 Å². The lowest BCUT2D eigenvalue weighted by molar-refractivity contribution is 0.368. The van der Waals surface area contributed by atoms with Gasteiger partial charge in [-0.1, -0.05) is 5.92 Å². The van der Waals surface area contributed by atoms with Crippen LogP contribution < -0.4 is 9.47 Å². The number of hydrogen-bond acceptors (Lipinski definition) is 5. The molecule has 1 aromatic carbocycles. The van der Waals surface area contributed by atoms with Gasteiger partial charge in [-0.15, -0.1) is 6.42 Å². The minimum absolute atomic E-state index is 0.203. The highest BCUT2D eigenvalue weighted by molar-refractivity contribution is 5.75. The fourth-order valence-corrected chi connectivity index (χ4v) is 1.96. The lowest BCUT2D eigenvalue weighted by atomic mass is 10.2. The lowest BCUT2D eigenvalue weighted by Gasteiger charge is -2.09. The second-order valence-corrected chi connectivity index (χ2v) is 4.17. The van der Waals surface area contributed by atoms with Crippen LogP contribution in [0.4, 0.5) is 0 Å². The first kappa shape index (κ1) is 12.9. The molecular formula is C15H12N4O2. The van der Waals surface area contributed by atoms with Gasteiger partial charge < -0.3 is 14.5 Å². The van der Waals surface area contributed by atoms with Crippen LogP contribution in [-0.2, 0) is 0 Å². The molecule has 0 saturated carbocycles. The Morgan fingerprint density at radius 1 is 1.29 bits per heavy atom. The highest BCUT2D eigenvalue weighted by atomic mass is 16.5. The summed E-state index contributed by atoms with van der Waals surface area (Å²) in [7, 11) is 1.60. The molecule has 0 radical (unpaired) electrons. The van der Waals surface area contributed by atoms with Crippen LogP contribution in [0.5, 0.6) is 11.5 Å². The number of ether oxygens (including phenoxy) is 2. The third kappa shape index (κ3) is 2.49. The second-order valence-electron chi connectivity index (χ2n) is 4.17. The smallest absolute Gasteiger partial charge is 0.197 e. The van der Waals surface area contributed by atoms with Gasteiger partial charge in [0.1, 0.15) is 23.9 Å². The summed E-state index contributed by atoms with van der Waals surface area (Å²) in [6.07, 6.45) is 8.40. The fourth-order valence-electron chi connectivity index (χ4n) is 1.96. The number of aromatic amines is 1. The summed E-state index contributed by atoms with van der Waals surface area (Å²) in [6, 6.07) is 5.40. The standard InChI is InChI=1S/C15H12N4O2/c1-3-8-21-10-4-5-12(20-2)11(9-10)13-18-14-15(19-13)17-7-6-16-14/h1,4-7,9H,8H2,2H3,(H,16,17,18,19). The van der Waals surface area contributed by atoms with Gasteiger partial charge in [-0.2, -0.15) is 0 Å². The van der Waals surface area contributed by atoms with Crippen LogP contribution >= 0.6 is 0 Å². The Bertz CT molecular complexity index is 787. The average Bonchev–Trinajstić information content (AvgIpc) is 2.96. The molecule has 0 fully saturated rings. The van der Waals surface area contributed by atoms with Gasteiger partial charge in [-0.25, -0.2) is 15.0 Å². The van der Waals surface area contributed by atoms with E-state index in [9.17, 15) is 0 Å². The van der Waals surface area contributed by atoms with Crippen LogP contribution in [0.1, 0.15) is 0 Å². The summed E-state index contributed by atoms with van der Waals surface area (Å²) in [5.74, 6) is 4.35. The highest BCUT2D eigenvalue weighted by Crippen LogP contribution is 2.32. The minimum atomic E-state index is 0.203. The van der Waals surface area contributed by atoms with Gasteiger partial charge in [-0.3, -0.25) is 0 Å². The van der Waals surface area contributed by atoms with E-state index in [4.69, 9.17) is 15.9 Å². The zero-order chi connectivity index (χ0) is 14.7. The van der Waals surface area contributed by atoms with Gasteiger partial charge in [0.2, 0.25) is 0 Å². The predicted molar refractivity (Wildman–Crippen MR) is 78.0 cm³/mol. The minimum Gasteiger partial charge on any atom is -0.496 e. The maximum absolute atomic E-state index is 5.43. The van der Waals surface area contributed by atoms with Crippen LogP contribution in [0.3, 0.4) is 0 Å². The van der Waals surface area contributed by atoms with E-state index in [0.29, 0.717) is 28.6 Å². The fraction of sp³-hybridized carbons (Fsp3) is 0.133. The Morgan fingerprint density at radius 3 is 2.90 bits per heavy atom. The molecule has 0 atom stereocenters. The molecule has 6 heteroatoms. The van der Waals surface area contributed by atoms with Crippen molar-refractivity contribution in [3.05, 3.63) is 30.6 Å². The van der Waals surface area contributed by atoms with E-state index in [1.807, 2.05) is 6.07 Å². The first-order valence-electron chi connectivity index (χ1n) is 6.23. The predicted octanol–water partition coefficient (Wildman–Crippen LogP) is 2.04. The van der Waals surface area contributed by atoms with Gasteiger partial charge in [-0.05, 0) is 18.2 Å². The Hall–Kier alpha value is -3.07. The monoisotopic (exact) mass is 280 g/mol. The zero-order valence-electron chi connectivity index (χ0n) is 11.3. The van der Waals surface area contributed by atoms with E-state index >= 15 is 0 Å². The van der Waals surface area contributed by atoms with E-state index < -0.39 is 0 Å². The summed E-state index contributed by atoms with van der Waals surface area (Å²) in [5.41, 5.74) is 1.92. The van der Waals surface area contributed by atoms with Crippen molar-refractivity contribution >= 4 is 11.3 Å². The van der Waals surface area contributed by atoms with Gasteiger partial charge in [0, 0.05) is 12.4 Å². The van der Waals surface area contributed by atoms with Crippen molar-refractivity contribution in [2.75, 3.05) is 13.7 Å². The molecule has 104 valence electrons. The van der Waals surface area contributed by atoms with Crippen LogP contribution in [0.25, 0.3) is 22.7 Å². The molecule has 0 unspecified atom stereocenters. The van der Waals surface area contributed by atoms with Crippen molar-refractivity contribution in [2.45, 2.75) is 0 Å². The Kier molecular flexibility index (Phi) is 3.39. The summed E-state index contributed by atoms with van der Waals surface area (Å²) >= 11 is 0. The maximum Gasteiger partial charge on any atom is 0.197 e. The molecule has 3 aromatic rings. The number of aromatic nitrogens is 4. The first-order chi connectivity index (χ1) is 10.3. The molecule has 21 heavy (non-hydrogen) atoms. The number of nitrogens with one attached hydrogen (secondary N) is 1. The second kappa shape index (κ2) is 5.51. The number of imidazole rings is 1. The molecule has 3 rings (SSSR count). The van der Waals surface area contributed by atoms with Crippen molar-refractivity contribution < 1.29 is 9.47 Å². The third-order valence-corrected chi connectivity index (χ3v) is 2.88. The normalized spacial score (nSPS) is 10.3. The van der Waals surface area contributed by atoms with Crippen molar-refractivity contribution in [2.24, 2.45) is 0 Å². The number of nitrogens with zero attached hydrogens (tertiary/aromatic N) is 3. The number of H-pyrrole nitrogens is 1. The number of methoxy groups -OCH3 is 1. The Balaban J connectivity index is 2.08. The largest absolute Gasteiger partial charge is 0.496 e. The Morgan fingerprint density at radius 2 is 2.14 bits per heavy atom. The van der Waals surface area contributed by atoms with Crippen LogP contribution in [0, 0.1) is 12.3 Å². The molecule has 2 aromatic heterocycles. The molecule has 0 bridgehead atoms. The molecule has 1 N–H and O–H groups in total. The van der Waals surface area contributed by atoms with Gasteiger partial charge in [0.15, 0.2) is 11.3 Å². The number of fused-ring (bicyclic) bond motifs is 1. The lowest BCUT2D eigenvalue weighted by Crippen LogP contribution is -1.95. The molecule has 0 aliphatic heterocycles. The van der Waals surface area contributed by atoms with Gasteiger partial charge in [0.05, 0.1) is 12.7 Å². The van der Waals surface area contributed by atoms with E-state index in [1.54, 1.807) is 31.6 Å². The van der Waals surface area contributed by atoms with Gasteiger partial charge in [0.25, 0.3) is 0 Å². The van der Waals surface area contributed by atoms with Crippen LogP contribution in [0.15, 0.2) is 30.6 Å². The zero-order valence-corrected chi connectivity index (χ0v) is 11.3. The third-order valence-electron chi connectivity index (χ3n) is 2.88. The summed E-state index contributed by atoms with van der Waals surface area (Å²) in [6.45, 7) is 0.203. The van der Waals surface area contributed by atoms with E-state index in [2.05, 4.69) is 25.9 Å². The molecule has 0 spiro atoms. The molecule has 0 aliphatic rings. The van der Waals surface area contributed by atoms with E-state index in [0.717, 1.165) is 5.56 Å². The van der Waals surface area contributed by atoms with Gasteiger partial charge >= 0.3 is 0 Å².